The number of aryl methyl sites for hydroxylation is 1. The summed E-state index contributed by atoms with van der Waals surface area (Å²) in [4.78, 5) is 16.1. The molecule has 1 N–H and O–H groups in total. The number of nitrogens with zero attached hydrogens (tertiary/aromatic N) is 1. The van der Waals surface area contributed by atoms with E-state index in [-0.39, 0.29) is 5.92 Å². The van der Waals surface area contributed by atoms with Gasteiger partial charge in [-0.3, -0.25) is 4.98 Å². The summed E-state index contributed by atoms with van der Waals surface area (Å²) in [5, 5.41) is 9.41. The summed E-state index contributed by atoms with van der Waals surface area (Å²) in [6.45, 7) is 5.98. The van der Waals surface area contributed by atoms with Crippen molar-refractivity contribution in [3.05, 3.63) is 53.3 Å². The van der Waals surface area contributed by atoms with Crippen molar-refractivity contribution in [2.45, 2.75) is 33.1 Å². The summed E-state index contributed by atoms with van der Waals surface area (Å²) in [5.74, 6) is -0.822. The quantitative estimate of drug-likeness (QED) is 0.907. The second kappa shape index (κ2) is 5.87. The first-order valence-electron chi connectivity index (χ1n) is 6.87. The Morgan fingerprint density at radius 2 is 1.90 bits per heavy atom. The van der Waals surface area contributed by atoms with E-state index < -0.39 is 5.97 Å². The highest BCUT2D eigenvalue weighted by Gasteiger charge is 2.18. The molecule has 0 saturated carbocycles. The number of hydrogen-bond acceptors (Lipinski definition) is 2. The number of carbonyl (C=O) groups is 1. The molecule has 0 aliphatic carbocycles. The van der Waals surface area contributed by atoms with E-state index in [0.717, 1.165) is 23.2 Å². The molecular formula is C17H19NO2. The maximum absolute atomic E-state index is 11.5. The molecule has 1 aromatic carbocycles. The van der Waals surface area contributed by atoms with Crippen LogP contribution in [0.4, 0.5) is 0 Å². The summed E-state index contributed by atoms with van der Waals surface area (Å²) in [6, 6.07) is 11.6. The Bertz CT molecular complexity index is 618. The van der Waals surface area contributed by atoms with Crippen molar-refractivity contribution in [3.63, 3.8) is 0 Å². The van der Waals surface area contributed by atoms with Crippen molar-refractivity contribution in [2.75, 3.05) is 0 Å². The van der Waals surface area contributed by atoms with Gasteiger partial charge in [-0.05, 0) is 24.0 Å². The fourth-order valence-corrected chi connectivity index (χ4v) is 2.32. The minimum atomic E-state index is -0.916. The third kappa shape index (κ3) is 2.72. The number of carboxylic acid groups (broad SMARTS) is 1. The van der Waals surface area contributed by atoms with Gasteiger partial charge in [0.05, 0.1) is 11.3 Å². The van der Waals surface area contributed by atoms with E-state index in [4.69, 9.17) is 0 Å². The van der Waals surface area contributed by atoms with Gasteiger partial charge in [0.15, 0.2) is 0 Å². The average molecular weight is 269 g/mol. The van der Waals surface area contributed by atoms with Gasteiger partial charge in [0.1, 0.15) is 0 Å². The molecule has 0 bridgehead atoms. The molecule has 0 atom stereocenters. The van der Waals surface area contributed by atoms with Crippen LogP contribution in [-0.4, -0.2) is 16.1 Å². The number of benzene rings is 1. The highest BCUT2D eigenvalue weighted by molar-refractivity contribution is 5.91. The summed E-state index contributed by atoms with van der Waals surface area (Å²) in [5.41, 5.74) is 3.83. The van der Waals surface area contributed by atoms with Gasteiger partial charge in [0.2, 0.25) is 0 Å². The van der Waals surface area contributed by atoms with Crippen molar-refractivity contribution in [3.8, 4) is 11.1 Å². The number of rotatable bonds is 4. The van der Waals surface area contributed by atoms with Gasteiger partial charge in [-0.25, -0.2) is 4.79 Å². The normalized spacial score (nSPS) is 10.8. The Kier molecular flexibility index (Phi) is 4.18. The lowest BCUT2D eigenvalue weighted by molar-refractivity contribution is 0.0694. The van der Waals surface area contributed by atoms with E-state index in [1.165, 1.54) is 0 Å². The summed E-state index contributed by atoms with van der Waals surface area (Å²) >= 11 is 0. The highest BCUT2D eigenvalue weighted by Crippen LogP contribution is 2.28. The van der Waals surface area contributed by atoms with Crippen molar-refractivity contribution >= 4 is 5.97 Å². The first-order valence-corrected chi connectivity index (χ1v) is 6.87. The van der Waals surface area contributed by atoms with Crippen LogP contribution in [0.1, 0.15) is 48.4 Å². The van der Waals surface area contributed by atoms with E-state index in [1.54, 1.807) is 6.07 Å². The van der Waals surface area contributed by atoms with Crippen LogP contribution in [0.25, 0.3) is 11.1 Å². The van der Waals surface area contributed by atoms with Crippen molar-refractivity contribution < 1.29 is 9.90 Å². The van der Waals surface area contributed by atoms with Gasteiger partial charge >= 0.3 is 5.97 Å². The number of carboxylic acids is 1. The number of aromatic nitrogens is 1. The molecule has 1 aromatic heterocycles. The van der Waals surface area contributed by atoms with Gasteiger partial charge in [-0.2, -0.15) is 0 Å². The van der Waals surface area contributed by atoms with Crippen LogP contribution in [0, 0.1) is 0 Å². The smallest absolute Gasteiger partial charge is 0.337 e. The van der Waals surface area contributed by atoms with Crippen LogP contribution in [0.15, 0.2) is 36.4 Å². The predicted octanol–water partition coefficient (Wildman–Crippen LogP) is 4.13. The molecule has 3 heteroatoms. The van der Waals surface area contributed by atoms with Crippen LogP contribution in [0.5, 0.6) is 0 Å². The molecule has 0 amide bonds. The maximum Gasteiger partial charge on any atom is 0.337 e. The second-order valence-corrected chi connectivity index (χ2v) is 5.09. The van der Waals surface area contributed by atoms with Gasteiger partial charge in [-0.15, -0.1) is 0 Å². The fraction of sp³-hybridized carbons (Fsp3) is 0.294. The molecule has 0 fully saturated rings. The van der Waals surface area contributed by atoms with Crippen LogP contribution >= 0.6 is 0 Å². The highest BCUT2D eigenvalue weighted by atomic mass is 16.4. The van der Waals surface area contributed by atoms with Gasteiger partial charge in [-0.1, -0.05) is 51.1 Å². The maximum atomic E-state index is 11.5. The molecule has 0 spiro atoms. The first kappa shape index (κ1) is 14.3. The summed E-state index contributed by atoms with van der Waals surface area (Å²) < 4.78 is 0. The molecule has 20 heavy (non-hydrogen) atoms. The zero-order chi connectivity index (χ0) is 14.7. The molecule has 1 heterocycles. The van der Waals surface area contributed by atoms with Crippen LogP contribution < -0.4 is 0 Å². The Morgan fingerprint density at radius 3 is 2.40 bits per heavy atom. The Balaban J connectivity index is 2.69. The van der Waals surface area contributed by atoms with Gasteiger partial charge in [0.25, 0.3) is 0 Å². The third-order valence-electron chi connectivity index (χ3n) is 3.33. The number of aromatic carboxylic acids is 1. The lowest BCUT2D eigenvalue weighted by Gasteiger charge is -2.15. The standard InChI is InChI=1S/C17H19NO2/c1-4-15-13(12-8-6-5-7-9-12)10-14(17(19)20)16(18-15)11(2)3/h5-11H,4H2,1-3H3,(H,19,20). The fourth-order valence-electron chi connectivity index (χ4n) is 2.32. The molecule has 0 aliphatic rings. The van der Waals surface area contributed by atoms with E-state index in [0.29, 0.717) is 11.3 Å². The predicted molar refractivity (Wildman–Crippen MR) is 80.1 cm³/mol. The zero-order valence-electron chi connectivity index (χ0n) is 12.1. The minimum Gasteiger partial charge on any atom is -0.478 e. The molecule has 3 nitrogen and oxygen atoms in total. The second-order valence-electron chi connectivity index (χ2n) is 5.09. The molecule has 104 valence electrons. The lowest BCUT2D eigenvalue weighted by atomic mass is 9.96. The lowest BCUT2D eigenvalue weighted by Crippen LogP contribution is -2.09. The molecule has 2 rings (SSSR count). The van der Waals surface area contributed by atoms with E-state index in [2.05, 4.69) is 4.98 Å². The summed E-state index contributed by atoms with van der Waals surface area (Å²) in [7, 11) is 0. The van der Waals surface area contributed by atoms with E-state index >= 15 is 0 Å². The largest absolute Gasteiger partial charge is 0.478 e. The van der Waals surface area contributed by atoms with Gasteiger partial charge in [0, 0.05) is 11.3 Å². The molecule has 0 saturated heterocycles. The summed E-state index contributed by atoms with van der Waals surface area (Å²) in [6.07, 6.45) is 0.782. The topological polar surface area (TPSA) is 50.2 Å². The van der Waals surface area contributed by atoms with Crippen LogP contribution in [0.2, 0.25) is 0 Å². The van der Waals surface area contributed by atoms with Crippen molar-refractivity contribution in [2.24, 2.45) is 0 Å². The SMILES string of the molecule is CCc1nc(C(C)C)c(C(=O)O)cc1-c1ccccc1. The third-order valence-corrected chi connectivity index (χ3v) is 3.33. The van der Waals surface area contributed by atoms with Gasteiger partial charge < -0.3 is 5.11 Å². The monoisotopic (exact) mass is 269 g/mol. The van der Waals surface area contributed by atoms with Crippen LogP contribution in [0.3, 0.4) is 0 Å². The molecule has 0 aliphatic heterocycles. The molecule has 0 radical (unpaired) electrons. The van der Waals surface area contributed by atoms with E-state index in [9.17, 15) is 9.90 Å². The molecule has 0 unspecified atom stereocenters. The molecule has 2 aromatic rings. The van der Waals surface area contributed by atoms with Crippen molar-refractivity contribution in [1.82, 2.24) is 4.98 Å². The van der Waals surface area contributed by atoms with E-state index in [1.807, 2.05) is 51.1 Å². The minimum absolute atomic E-state index is 0.0937. The first-order chi connectivity index (χ1) is 9.54. The Hall–Kier alpha value is -2.16. The Labute approximate surface area is 119 Å². The van der Waals surface area contributed by atoms with Crippen molar-refractivity contribution in [1.29, 1.82) is 0 Å². The molecular weight excluding hydrogens is 250 g/mol. The zero-order valence-corrected chi connectivity index (χ0v) is 12.1. The number of pyridine rings is 1. The van der Waals surface area contributed by atoms with Crippen LogP contribution in [-0.2, 0) is 6.42 Å². The Morgan fingerprint density at radius 1 is 1.25 bits per heavy atom. The number of hydrogen-bond donors (Lipinski definition) is 1. The average Bonchev–Trinajstić information content (AvgIpc) is 2.46.